The highest BCUT2D eigenvalue weighted by molar-refractivity contribution is 8.00. The topological polar surface area (TPSA) is 83.6 Å². The van der Waals surface area contributed by atoms with E-state index in [9.17, 15) is 9.59 Å². The summed E-state index contributed by atoms with van der Waals surface area (Å²) >= 11 is 1.47. The van der Waals surface area contributed by atoms with Crippen LogP contribution in [0.5, 0.6) is 0 Å². The Labute approximate surface area is 84.9 Å². The summed E-state index contributed by atoms with van der Waals surface area (Å²) in [7, 11) is 0. The second kappa shape index (κ2) is 2.99. The van der Waals surface area contributed by atoms with Gasteiger partial charge in [0.25, 0.3) is 0 Å². The van der Waals surface area contributed by atoms with Crippen LogP contribution in [0.4, 0.5) is 0 Å². The van der Waals surface area contributed by atoms with Gasteiger partial charge in [-0.1, -0.05) is 6.58 Å². The van der Waals surface area contributed by atoms with Gasteiger partial charge in [0, 0.05) is 5.75 Å². The quantitative estimate of drug-likeness (QED) is 0.442. The largest absolute Gasteiger partial charge is 0.479 e. The smallest absolute Gasteiger partial charge is 0.330 e. The number of β-lactam (4-membered cyclic amide) rings is 1. The van der Waals surface area contributed by atoms with Crippen LogP contribution < -0.4 is 5.73 Å². The van der Waals surface area contributed by atoms with E-state index in [0.717, 1.165) is 0 Å². The molecule has 2 rings (SSSR count). The number of amides is 1. The molecule has 0 saturated carbocycles. The Hall–Kier alpha value is -1.01. The van der Waals surface area contributed by atoms with Crippen molar-refractivity contribution < 1.29 is 14.7 Å². The molecule has 2 fully saturated rings. The fraction of sp³-hybridized carbons (Fsp3) is 0.500. The second-order valence-corrected chi connectivity index (χ2v) is 4.48. The number of carbonyl (C=O) groups is 2. The molecule has 6 heteroatoms. The van der Waals surface area contributed by atoms with Gasteiger partial charge in [0.2, 0.25) is 5.91 Å². The van der Waals surface area contributed by atoms with Crippen molar-refractivity contribution in [2.24, 2.45) is 5.73 Å². The highest BCUT2D eigenvalue weighted by atomic mass is 32.2. The highest BCUT2D eigenvalue weighted by Crippen LogP contribution is 2.38. The van der Waals surface area contributed by atoms with E-state index >= 15 is 0 Å². The van der Waals surface area contributed by atoms with Crippen molar-refractivity contribution in [2.45, 2.75) is 17.5 Å². The van der Waals surface area contributed by atoms with Crippen LogP contribution in [0.25, 0.3) is 0 Å². The van der Waals surface area contributed by atoms with E-state index < -0.39 is 18.1 Å². The third kappa shape index (κ3) is 1.07. The fourth-order valence-corrected chi connectivity index (χ4v) is 2.98. The van der Waals surface area contributed by atoms with Gasteiger partial charge in [0.05, 0.1) is 0 Å². The predicted octanol–water partition coefficient (Wildman–Crippen LogP) is -0.762. The van der Waals surface area contributed by atoms with Crippen molar-refractivity contribution in [3.63, 3.8) is 0 Å². The van der Waals surface area contributed by atoms with Crippen molar-refractivity contribution in [2.75, 3.05) is 5.75 Å². The van der Waals surface area contributed by atoms with Gasteiger partial charge in [-0.3, -0.25) is 4.79 Å². The fourth-order valence-electron chi connectivity index (χ4n) is 1.73. The first-order chi connectivity index (χ1) is 6.54. The summed E-state index contributed by atoms with van der Waals surface area (Å²) in [5.74, 6) is -0.768. The van der Waals surface area contributed by atoms with Gasteiger partial charge in [-0.25, -0.2) is 4.79 Å². The van der Waals surface area contributed by atoms with Gasteiger partial charge in [0.1, 0.15) is 11.4 Å². The molecule has 0 aliphatic carbocycles. The van der Waals surface area contributed by atoms with Crippen LogP contribution >= 0.6 is 11.8 Å². The molecule has 0 aromatic heterocycles. The molecule has 5 nitrogen and oxygen atoms in total. The summed E-state index contributed by atoms with van der Waals surface area (Å²) in [6, 6.07) is -1.43. The molecular weight excluding hydrogens is 204 g/mol. The van der Waals surface area contributed by atoms with Crippen molar-refractivity contribution in [1.29, 1.82) is 0 Å². The average Bonchev–Trinajstić information content (AvgIpc) is 2.15. The number of nitrogens with two attached hydrogens (primary N) is 1. The molecule has 3 atom stereocenters. The van der Waals surface area contributed by atoms with Crippen molar-refractivity contribution in [1.82, 2.24) is 4.90 Å². The summed E-state index contributed by atoms with van der Waals surface area (Å²) in [4.78, 5) is 23.6. The number of hydrogen-bond donors (Lipinski definition) is 2. The summed E-state index contributed by atoms with van der Waals surface area (Å²) in [6.45, 7) is 3.66. The molecule has 14 heavy (non-hydrogen) atoms. The molecule has 2 aliphatic heterocycles. The number of thioether (sulfide) groups is 1. The van der Waals surface area contributed by atoms with Gasteiger partial charge in [-0.15, -0.1) is 11.8 Å². The maximum Gasteiger partial charge on any atom is 0.330 e. The van der Waals surface area contributed by atoms with Crippen LogP contribution in [0.2, 0.25) is 0 Å². The molecule has 0 aromatic rings. The number of nitrogens with zero attached hydrogens (tertiary/aromatic N) is 1. The van der Waals surface area contributed by atoms with Crippen molar-refractivity contribution >= 4 is 23.6 Å². The molecule has 76 valence electrons. The molecule has 0 aromatic carbocycles. The van der Waals surface area contributed by atoms with E-state index in [-0.39, 0.29) is 11.3 Å². The number of carboxylic acid groups (broad SMARTS) is 1. The molecule has 0 bridgehead atoms. The average molecular weight is 214 g/mol. The van der Waals surface area contributed by atoms with E-state index in [1.807, 2.05) is 0 Å². The number of hydrogen-bond acceptors (Lipinski definition) is 4. The molecule has 2 heterocycles. The zero-order valence-electron chi connectivity index (χ0n) is 7.34. The standard InChI is InChI=1S/C8H10N2O3S/c1-3-2-14-7-4(9)6(11)10(7)5(3)8(12)13/h4-5,7H,1-2,9H2,(H,12,13)/t4-,5?,7?/m1/s1. The first-order valence-corrected chi connectivity index (χ1v) is 5.18. The summed E-state index contributed by atoms with van der Waals surface area (Å²) in [5, 5.41) is 8.74. The molecular formula is C8H10N2O3S. The van der Waals surface area contributed by atoms with Gasteiger partial charge >= 0.3 is 5.97 Å². The van der Waals surface area contributed by atoms with Gasteiger partial charge in [-0.2, -0.15) is 0 Å². The Morgan fingerprint density at radius 1 is 1.71 bits per heavy atom. The number of carboxylic acids is 1. The van der Waals surface area contributed by atoms with Crippen LogP contribution in [-0.2, 0) is 9.59 Å². The van der Waals surface area contributed by atoms with Gasteiger partial charge < -0.3 is 15.7 Å². The number of fused-ring (bicyclic) bond motifs is 1. The van der Waals surface area contributed by atoms with Crippen molar-refractivity contribution in [3.8, 4) is 0 Å². The Morgan fingerprint density at radius 2 is 2.36 bits per heavy atom. The Bertz CT molecular complexity index is 331. The van der Waals surface area contributed by atoms with Crippen LogP contribution in [0.3, 0.4) is 0 Å². The Balaban J connectivity index is 2.26. The van der Waals surface area contributed by atoms with E-state index in [4.69, 9.17) is 10.8 Å². The maximum atomic E-state index is 11.3. The summed E-state index contributed by atoms with van der Waals surface area (Å²) in [6.07, 6.45) is 0. The van der Waals surface area contributed by atoms with Crippen LogP contribution in [0.1, 0.15) is 0 Å². The molecule has 0 radical (unpaired) electrons. The predicted molar refractivity (Wildman–Crippen MR) is 51.6 cm³/mol. The minimum Gasteiger partial charge on any atom is -0.479 e. The van der Waals surface area contributed by atoms with Crippen LogP contribution in [0, 0.1) is 0 Å². The highest BCUT2D eigenvalue weighted by Gasteiger charge is 2.53. The van der Waals surface area contributed by atoms with Gasteiger partial charge in [-0.05, 0) is 5.57 Å². The minimum absolute atomic E-state index is 0.186. The van der Waals surface area contributed by atoms with E-state index in [2.05, 4.69) is 6.58 Å². The first kappa shape index (κ1) is 9.54. The van der Waals surface area contributed by atoms with Crippen molar-refractivity contribution in [3.05, 3.63) is 12.2 Å². The summed E-state index contributed by atoms with van der Waals surface area (Å²) in [5.41, 5.74) is 6.10. The zero-order valence-corrected chi connectivity index (χ0v) is 8.16. The molecule has 2 unspecified atom stereocenters. The third-order valence-corrected chi connectivity index (χ3v) is 3.86. The first-order valence-electron chi connectivity index (χ1n) is 4.14. The lowest BCUT2D eigenvalue weighted by molar-refractivity contribution is -0.158. The van der Waals surface area contributed by atoms with E-state index in [0.29, 0.717) is 11.3 Å². The summed E-state index contributed by atoms with van der Waals surface area (Å²) < 4.78 is 0. The maximum absolute atomic E-state index is 11.3. The lowest BCUT2D eigenvalue weighted by Gasteiger charge is -2.51. The lowest BCUT2D eigenvalue weighted by Crippen LogP contribution is -2.73. The van der Waals surface area contributed by atoms with E-state index in [1.165, 1.54) is 16.7 Å². The lowest BCUT2D eigenvalue weighted by atomic mass is 9.99. The van der Waals surface area contributed by atoms with E-state index in [1.54, 1.807) is 0 Å². The molecule has 0 spiro atoms. The molecule has 3 N–H and O–H groups in total. The third-order valence-electron chi connectivity index (χ3n) is 2.46. The molecule has 2 aliphatic rings. The van der Waals surface area contributed by atoms with Crippen LogP contribution in [-0.4, -0.2) is 45.1 Å². The van der Waals surface area contributed by atoms with Gasteiger partial charge in [0.15, 0.2) is 6.04 Å². The van der Waals surface area contributed by atoms with Crippen LogP contribution in [0.15, 0.2) is 12.2 Å². The second-order valence-electron chi connectivity index (χ2n) is 3.37. The number of carbonyl (C=O) groups excluding carboxylic acids is 1. The molecule has 2 saturated heterocycles. The Morgan fingerprint density at radius 3 is 2.93 bits per heavy atom. The molecule has 1 amide bonds. The Kier molecular flexibility index (Phi) is 2.04. The zero-order chi connectivity index (χ0) is 10.5. The SMILES string of the molecule is C=C1CSC2[C@H](N)C(=O)N2C1C(=O)O. The number of aliphatic carboxylic acids is 1. The number of rotatable bonds is 1. The normalized spacial score (nSPS) is 36.4. The monoisotopic (exact) mass is 214 g/mol. The minimum atomic E-state index is -1.03.